The Hall–Kier alpha value is -1.75. The number of amides is 1. The topological polar surface area (TPSA) is 50.8 Å². The van der Waals surface area contributed by atoms with Gasteiger partial charge in [-0.2, -0.15) is 0 Å². The smallest absolute Gasteiger partial charge is 0.249 e. The molecule has 2 aliphatic heterocycles. The lowest BCUT2D eigenvalue weighted by molar-refractivity contribution is -0.119. The van der Waals surface area contributed by atoms with E-state index in [9.17, 15) is 4.79 Å². The quantitative estimate of drug-likeness (QED) is 0.899. The number of carbonyl (C=O) groups excluding carboxylic acids is 1. The number of morpholine rings is 1. The lowest BCUT2D eigenvalue weighted by Crippen LogP contribution is -2.54. The fourth-order valence-electron chi connectivity index (χ4n) is 2.53. The van der Waals surface area contributed by atoms with Crippen LogP contribution in [0.2, 0.25) is 0 Å². The molecule has 2 aliphatic rings. The molecule has 0 saturated carbocycles. The molecule has 1 aromatic rings. The predicted molar refractivity (Wildman–Crippen MR) is 72.8 cm³/mol. The number of fused-ring (bicyclic) bond motifs is 3. The Morgan fingerprint density at radius 3 is 3.26 bits per heavy atom. The fraction of sp³-hybridized carbons (Fsp3) is 0.500. The number of benzene rings is 1. The molecular formula is C14H18N2O3. The van der Waals surface area contributed by atoms with E-state index in [0.717, 1.165) is 30.1 Å². The van der Waals surface area contributed by atoms with Crippen LogP contribution in [0, 0.1) is 0 Å². The highest BCUT2D eigenvalue weighted by molar-refractivity contribution is 6.05. The third-order valence-electron chi connectivity index (χ3n) is 3.45. The summed E-state index contributed by atoms with van der Waals surface area (Å²) >= 11 is 0. The summed E-state index contributed by atoms with van der Waals surface area (Å²) in [6.07, 6.45) is 0.942. The summed E-state index contributed by atoms with van der Waals surface area (Å²) in [6, 6.07) is 5.66. The minimum absolute atomic E-state index is 0.0141. The third-order valence-corrected chi connectivity index (χ3v) is 3.45. The van der Waals surface area contributed by atoms with Crippen LogP contribution in [0.25, 0.3) is 0 Å². The van der Waals surface area contributed by atoms with Crippen molar-refractivity contribution in [1.29, 1.82) is 0 Å². The van der Waals surface area contributed by atoms with Gasteiger partial charge in [-0.25, -0.2) is 0 Å². The number of carbonyl (C=O) groups is 1. The second-order valence-corrected chi connectivity index (χ2v) is 4.77. The van der Waals surface area contributed by atoms with E-state index in [1.165, 1.54) is 0 Å². The number of anilines is 2. The van der Waals surface area contributed by atoms with Crippen molar-refractivity contribution in [3.05, 3.63) is 18.2 Å². The van der Waals surface area contributed by atoms with E-state index < -0.39 is 0 Å². The molecular weight excluding hydrogens is 244 g/mol. The lowest BCUT2D eigenvalue weighted by atomic mass is 10.1. The summed E-state index contributed by atoms with van der Waals surface area (Å²) in [4.78, 5) is 14.2. The first-order chi connectivity index (χ1) is 9.31. The summed E-state index contributed by atoms with van der Waals surface area (Å²) in [7, 11) is 0. The highest BCUT2D eigenvalue weighted by Gasteiger charge is 2.36. The molecule has 1 saturated heterocycles. The Morgan fingerprint density at radius 2 is 2.42 bits per heavy atom. The van der Waals surface area contributed by atoms with Crippen molar-refractivity contribution in [2.24, 2.45) is 0 Å². The van der Waals surface area contributed by atoms with Crippen molar-refractivity contribution in [2.75, 3.05) is 36.6 Å². The van der Waals surface area contributed by atoms with Crippen molar-refractivity contribution < 1.29 is 14.3 Å². The SMILES string of the molecule is CCCOc1cccc2c1NC(=O)C1COCCN21. The monoisotopic (exact) mass is 262 g/mol. The average molecular weight is 262 g/mol. The van der Waals surface area contributed by atoms with Crippen LogP contribution in [0.4, 0.5) is 11.4 Å². The average Bonchev–Trinajstić information content (AvgIpc) is 2.46. The van der Waals surface area contributed by atoms with Crippen molar-refractivity contribution in [2.45, 2.75) is 19.4 Å². The molecule has 0 aliphatic carbocycles. The van der Waals surface area contributed by atoms with Crippen molar-refractivity contribution >= 4 is 17.3 Å². The number of rotatable bonds is 3. The summed E-state index contributed by atoms with van der Waals surface area (Å²) in [5.41, 5.74) is 1.82. The summed E-state index contributed by atoms with van der Waals surface area (Å²) in [5, 5.41) is 2.95. The minimum Gasteiger partial charge on any atom is -0.491 e. The van der Waals surface area contributed by atoms with Crippen molar-refractivity contribution in [3.63, 3.8) is 0 Å². The van der Waals surface area contributed by atoms with Crippen LogP contribution in [0.3, 0.4) is 0 Å². The molecule has 5 nitrogen and oxygen atoms in total. The zero-order valence-corrected chi connectivity index (χ0v) is 11.0. The third kappa shape index (κ3) is 2.14. The molecule has 3 rings (SSSR count). The highest BCUT2D eigenvalue weighted by Crippen LogP contribution is 2.39. The highest BCUT2D eigenvalue weighted by atomic mass is 16.5. The molecule has 1 aromatic carbocycles. The Labute approximate surface area is 112 Å². The number of ether oxygens (including phenoxy) is 2. The molecule has 0 aromatic heterocycles. The van der Waals surface area contributed by atoms with Crippen LogP contribution in [-0.2, 0) is 9.53 Å². The van der Waals surface area contributed by atoms with Crippen molar-refractivity contribution in [3.8, 4) is 5.75 Å². The molecule has 1 fully saturated rings. The Balaban J connectivity index is 1.96. The zero-order chi connectivity index (χ0) is 13.2. The maximum absolute atomic E-state index is 12.1. The van der Waals surface area contributed by atoms with Gasteiger partial charge in [0.25, 0.3) is 0 Å². The molecule has 1 atom stereocenters. The van der Waals surface area contributed by atoms with Gasteiger partial charge in [-0.1, -0.05) is 13.0 Å². The van der Waals surface area contributed by atoms with Gasteiger partial charge < -0.3 is 19.7 Å². The summed E-state index contributed by atoms with van der Waals surface area (Å²) < 4.78 is 11.1. The first-order valence-electron chi connectivity index (χ1n) is 6.72. The standard InChI is InChI=1S/C14H18N2O3/c1-2-7-19-12-5-3-4-10-13(12)15-14(17)11-9-18-8-6-16(10)11/h3-5,11H,2,6-9H2,1H3,(H,15,17). The molecule has 2 heterocycles. The molecule has 1 amide bonds. The normalized spacial score (nSPS) is 21.4. The first kappa shape index (κ1) is 12.3. The molecule has 0 spiro atoms. The van der Waals surface area contributed by atoms with Gasteiger partial charge in [0, 0.05) is 6.54 Å². The fourth-order valence-corrected chi connectivity index (χ4v) is 2.53. The zero-order valence-electron chi connectivity index (χ0n) is 11.0. The second-order valence-electron chi connectivity index (χ2n) is 4.77. The van der Waals surface area contributed by atoms with Crippen LogP contribution < -0.4 is 15.0 Å². The number of nitrogens with one attached hydrogen (secondary N) is 1. The molecule has 19 heavy (non-hydrogen) atoms. The van der Waals surface area contributed by atoms with E-state index in [2.05, 4.69) is 17.1 Å². The van der Waals surface area contributed by atoms with Crippen LogP contribution in [-0.4, -0.2) is 38.3 Å². The van der Waals surface area contributed by atoms with E-state index in [0.29, 0.717) is 19.8 Å². The molecule has 0 radical (unpaired) electrons. The molecule has 1 N–H and O–H groups in total. The second kappa shape index (κ2) is 5.09. The number of hydrogen-bond acceptors (Lipinski definition) is 4. The van der Waals surface area contributed by atoms with Gasteiger partial charge in [-0.05, 0) is 18.6 Å². The van der Waals surface area contributed by atoms with Gasteiger partial charge in [-0.15, -0.1) is 0 Å². The largest absolute Gasteiger partial charge is 0.491 e. The van der Waals surface area contributed by atoms with E-state index in [1.807, 2.05) is 18.2 Å². The van der Waals surface area contributed by atoms with Gasteiger partial charge in [0.15, 0.2) is 0 Å². The van der Waals surface area contributed by atoms with E-state index in [4.69, 9.17) is 9.47 Å². The maximum Gasteiger partial charge on any atom is 0.249 e. The summed E-state index contributed by atoms with van der Waals surface area (Å²) in [6.45, 7) is 4.56. The molecule has 5 heteroatoms. The number of hydrogen-bond donors (Lipinski definition) is 1. The van der Waals surface area contributed by atoms with Crippen molar-refractivity contribution in [1.82, 2.24) is 0 Å². The predicted octanol–water partition coefficient (Wildman–Crippen LogP) is 1.63. The van der Waals surface area contributed by atoms with E-state index >= 15 is 0 Å². The lowest BCUT2D eigenvalue weighted by Gasteiger charge is -2.41. The number of para-hydroxylation sites is 1. The van der Waals surface area contributed by atoms with Gasteiger partial charge >= 0.3 is 0 Å². The van der Waals surface area contributed by atoms with Crippen LogP contribution in [0.5, 0.6) is 5.75 Å². The van der Waals surface area contributed by atoms with E-state index in [1.54, 1.807) is 0 Å². The van der Waals surface area contributed by atoms with Gasteiger partial charge in [0.05, 0.1) is 25.5 Å². The van der Waals surface area contributed by atoms with Crippen LogP contribution >= 0.6 is 0 Å². The Bertz CT molecular complexity index is 490. The molecule has 1 unspecified atom stereocenters. The van der Waals surface area contributed by atoms with Gasteiger partial charge in [0.1, 0.15) is 17.5 Å². The maximum atomic E-state index is 12.1. The number of nitrogens with zero attached hydrogens (tertiary/aromatic N) is 1. The van der Waals surface area contributed by atoms with E-state index in [-0.39, 0.29) is 11.9 Å². The summed E-state index contributed by atoms with van der Waals surface area (Å²) in [5.74, 6) is 0.734. The minimum atomic E-state index is -0.220. The first-order valence-corrected chi connectivity index (χ1v) is 6.72. The van der Waals surface area contributed by atoms with Gasteiger partial charge in [-0.3, -0.25) is 4.79 Å². The molecule has 102 valence electrons. The Morgan fingerprint density at radius 1 is 1.53 bits per heavy atom. The molecule has 0 bridgehead atoms. The van der Waals surface area contributed by atoms with Crippen LogP contribution in [0.1, 0.15) is 13.3 Å². The Kier molecular flexibility index (Phi) is 3.29. The van der Waals surface area contributed by atoms with Gasteiger partial charge in [0.2, 0.25) is 5.91 Å². The van der Waals surface area contributed by atoms with Crippen LogP contribution in [0.15, 0.2) is 18.2 Å².